The maximum atomic E-state index is 12.8. The van der Waals surface area contributed by atoms with Crippen molar-refractivity contribution in [2.75, 3.05) is 37.6 Å². The summed E-state index contributed by atoms with van der Waals surface area (Å²) in [4.78, 5) is 22.9. The van der Waals surface area contributed by atoms with E-state index in [9.17, 15) is 4.79 Å². The van der Waals surface area contributed by atoms with E-state index in [0.29, 0.717) is 36.4 Å². The lowest BCUT2D eigenvalue weighted by molar-refractivity contribution is 0.197. The molecular weight excluding hydrogens is 334 g/mol. The fourth-order valence-corrected chi connectivity index (χ4v) is 2.23. The van der Waals surface area contributed by atoms with E-state index in [1.54, 1.807) is 50.7 Å². The van der Waals surface area contributed by atoms with Crippen LogP contribution >= 0.6 is 0 Å². The monoisotopic (exact) mass is 359 g/mol. The molecule has 1 aromatic heterocycles. The first-order chi connectivity index (χ1) is 12.5. The predicted molar refractivity (Wildman–Crippen MR) is 101 cm³/mol. The second-order valence-electron chi connectivity index (χ2n) is 5.80. The van der Waals surface area contributed by atoms with Crippen LogP contribution in [0.4, 0.5) is 22.2 Å². The second kappa shape index (κ2) is 9.57. The van der Waals surface area contributed by atoms with E-state index in [-0.39, 0.29) is 12.1 Å². The molecule has 0 radical (unpaired) electrons. The number of nitrogens with zero attached hydrogens (tertiary/aromatic N) is 3. The van der Waals surface area contributed by atoms with E-state index in [0.717, 1.165) is 0 Å². The Bertz CT molecular complexity index is 706. The number of anilines is 3. The third-order valence-electron chi connectivity index (χ3n) is 3.40. The molecule has 0 aliphatic rings. The largest absolute Gasteiger partial charge is 0.497 e. The maximum absolute atomic E-state index is 12.8. The number of carbonyl (C=O) groups excluding carboxylic acids is 1. The average molecular weight is 359 g/mol. The minimum Gasteiger partial charge on any atom is -0.497 e. The normalized spacial score (nSPS) is 10.5. The number of amides is 2. The van der Waals surface area contributed by atoms with Crippen LogP contribution < -0.4 is 20.3 Å². The van der Waals surface area contributed by atoms with Crippen molar-refractivity contribution in [3.8, 4) is 5.75 Å². The van der Waals surface area contributed by atoms with Crippen LogP contribution in [-0.2, 0) is 4.74 Å². The Kier molecular flexibility index (Phi) is 7.16. The smallest absolute Gasteiger partial charge is 0.327 e. The van der Waals surface area contributed by atoms with Gasteiger partial charge in [-0.25, -0.2) is 14.7 Å². The van der Waals surface area contributed by atoms with E-state index in [1.807, 2.05) is 13.8 Å². The van der Waals surface area contributed by atoms with Crippen molar-refractivity contribution in [2.45, 2.75) is 19.9 Å². The standard InChI is InChI=1S/C18H25N5O3/c1-13(2)21-17-19-10-9-16(22-17)23(18(24)20-11-12-25-3)14-5-7-15(26-4)8-6-14/h5-10,13H,11-12H2,1-4H3,(H,20,24)(H,19,21,22). The lowest BCUT2D eigenvalue weighted by Gasteiger charge is -2.23. The summed E-state index contributed by atoms with van der Waals surface area (Å²) < 4.78 is 10.2. The van der Waals surface area contributed by atoms with Crippen LogP contribution in [0.25, 0.3) is 0 Å². The van der Waals surface area contributed by atoms with Gasteiger partial charge in [0, 0.05) is 32.0 Å². The van der Waals surface area contributed by atoms with Gasteiger partial charge in [0.1, 0.15) is 11.6 Å². The van der Waals surface area contributed by atoms with Crippen molar-refractivity contribution in [3.05, 3.63) is 36.5 Å². The minimum absolute atomic E-state index is 0.176. The lowest BCUT2D eigenvalue weighted by Crippen LogP contribution is -2.39. The third kappa shape index (κ3) is 5.32. The van der Waals surface area contributed by atoms with Gasteiger partial charge in [-0.1, -0.05) is 0 Å². The van der Waals surface area contributed by atoms with Gasteiger partial charge in [-0.15, -0.1) is 0 Å². The van der Waals surface area contributed by atoms with Gasteiger partial charge in [0.15, 0.2) is 0 Å². The zero-order valence-electron chi connectivity index (χ0n) is 15.5. The summed E-state index contributed by atoms with van der Waals surface area (Å²) in [6, 6.07) is 8.74. The number of methoxy groups -OCH3 is 2. The fraction of sp³-hybridized carbons (Fsp3) is 0.389. The summed E-state index contributed by atoms with van der Waals surface area (Å²) in [5, 5.41) is 5.96. The number of benzene rings is 1. The highest BCUT2D eigenvalue weighted by molar-refractivity contribution is 5.98. The second-order valence-corrected chi connectivity index (χ2v) is 5.80. The van der Waals surface area contributed by atoms with Crippen LogP contribution in [-0.4, -0.2) is 49.4 Å². The highest BCUT2D eigenvalue weighted by Gasteiger charge is 2.20. The van der Waals surface area contributed by atoms with Crippen LogP contribution in [0.2, 0.25) is 0 Å². The molecule has 26 heavy (non-hydrogen) atoms. The first-order valence-electron chi connectivity index (χ1n) is 8.35. The van der Waals surface area contributed by atoms with Crippen molar-refractivity contribution in [1.29, 1.82) is 0 Å². The summed E-state index contributed by atoms with van der Waals surface area (Å²) in [5.74, 6) is 1.63. The van der Waals surface area contributed by atoms with Gasteiger partial charge in [0.2, 0.25) is 5.95 Å². The van der Waals surface area contributed by atoms with Crippen molar-refractivity contribution >= 4 is 23.5 Å². The van der Waals surface area contributed by atoms with Gasteiger partial charge in [-0.2, -0.15) is 4.98 Å². The van der Waals surface area contributed by atoms with Gasteiger partial charge < -0.3 is 20.1 Å². The highest BCUT2D eigenvalue weighted by Crippen LogP contribution is 2.26. The van der Waals surface area contributed by atoms with E-state index in [2.05, 4.69) is 20.6 Å². The quantitative estimate of drug-likeness (QED) is 0.705. The Morgan fingerprint density at radius 1 is 1.19 bits per heavy atom. The van der Waals surface area contributed by atoms with Gasteiger partial charge >= 0.3 is 6.03 Å². The molecule has 140 valence electrons. The van der Waals surface area contributed by atoms with Crippen molar-refractivity contribution < 1.29 is 14.3 Å². The number of carbonyl (C=O) groups is 1. The van der Waals surface area contributed by atoms with Crippen LogP contribution in [0, 0.1) is 0 Å². The van der Waals surface area contributed by atoms with Gasteiger partial charge in [-0.3, -0.25) is 0 Å². The molecule has 0 bridgehead atoms. The van der Waals surface area contributed by atoms with Crippen LogP contribution in [0.3, 0.4) is 0 Å². The SMILES string of the molecule is COCCNC(=O)N(c1ccc(OC)cc1)c1ccnc(NC(C)C)n1. The number of aromatic nitrogens is 2. The topological polar surface area (TPSA) is 88.6 Å². The zero-order chi connectivity index (χ0) is 18.9. The molecule has 2 N–H and O–H groups in total. The first-order valence-corrected chi connectivity index (χ1v) is 8.35. The maximum Gasteiger partial charge on any atom is 0.327 e. The van der Waals surface area contributed by atoms with E-state index >= 15 is 0 Å². The highest BCUT2D eigenvalue weighted by atomic mass is 16.5. The molecule has 2 rings (SSSR count). The van der Waals surface area contributed by atoms with Crippen LogP contribution in [0.1, 0.15) is 13.8 Å². The Labute approximate surface area is 153 Å². The zero-order valence-corrected chi connectivity index (χ0v) is 15.5. The summed E-state index contributed by atoms with van der Waals surface area (Å²) in [5.41, 5.74) is 0.662. The number of hydrogen-bond acceptors (Lipinski definition) is 6. The molecule has 2 aromatic rings. The Hall–Kier alpha value is -2.87. The summed E-state index contributed by atoms with van der Waals surface area (Å²) in [6.07, 6.45) is 1.62. The Morgan fingerprint density at radius 2 is 1.92 bits per heavy atom. The number of ether oxygens (including phenoxy) is 2. The Morgan fingerprint density at radius 3 is 2.54 bits per heavy atom. The van der Waals surface area contributed by atoms with E-state index < -0.39 is 0 Å². The van der Waals surface area contributed by atoms with Crippen molar-refractivity contribution in [1.82, 2.24) is 15.3 Å². The number of urea groups is 1. The molecule has 8 heteroatoms. The molecule has 2 amide bonds. The first kappa shape index (κ1) is 19.5. The van der Waals surface area contributed by atoms with Crippen molar-refractivity contribution in [3.63, 3.8) is 0 Å². The molecule has 0 aliphatic carbocycles. The number of nitrogens with one attached hydrogen (secondary N) is 2. The molecule has 0 saturated carbocycles. The fourth-order valence-electron chi connectivity index (χ4n) is 2.23. The molecule has 0 spiro atoms. The molecule has 1 aromatic carbocycles. The third-order valence-corrected chi connectivity index (χ3v) is 3.40. The van der Waals surface area contributed by atoms with E-state index in [4.69, 9.17) is 9.47 Å². The number of rotatable bonds is 8. The average Bonchev–Trinajstić information content (AvgIpc) is 2.62. The molecule has 0 unspecified atom stereocenters. The Balaban J connectivity index is 2.34. The van der Waals surface area contributed by atoms with E-state index in [1.165, 1.54) is 4.90 Å². The molecule has 1 heterocycles. The summed E-state index contributed by atoms with van der Waals surface area (Å²) in [7, 11) is 3.18. The molecular formula is C18H25N5O3. The minimum atomic E-state index is -0.304. The lowest BCUT2D eigenvalue weighted by atomic mass is 10.2. The predicted octanol–water partition coefficient (Wildman–Crippen LogP) is 2.80. The molecule has 8 nitrogen and oxygen atoms in total. The van der Waals surface area contributed by atoms with Crippen LogP contribution in [0.15, 0.2) is 36.5 Å². The summed E-state index contributed by atoms with van der Waals surface area (Å²) in [6.45, 7) is 4.81. The molecule has 0 fully saturated rings. The van der Waals surface area contributed by atoms with Crippen LogP contribution in [0.5, 0.6) is 5.75 Å². The summed E-state index contributed by atoms with van der Waals surface area (Å²) >= 11 is 0. The molecule has 0 atom stereocenters. The van der Waals surface area contributed by atoms with Gasteiger partial charge in [0.05, 0.1) is 19.4 Å². The van der Waals surface area contributed by atoms with Crippen molar-refractivity contribution in [2.24, 2.45) is 0 Å². The van der Waals surface area contributed by atoms with Gasteiger partial charge in [-0.05, 0) is 38.1 Å². The molecule has 0 saturated heterocycles. The van der Waals surface area contributed by atoms with Gasteiger partial charge in [0.25, 0.3) is 0 Å². The number of hydrogen-bond donors (Lipinski definition) is 2. The molecule has 0 aliphatic heterocycles.